The van der Waals surface area contributed by atoms with Crippen LogP contribution in [0.25, 0.3) is 11.1 Å². The lowest BCUT2D eigenvalue weighted by atomic mass is 9.78. The van der Waals surface area contributed by atoms with Gasteiger partial charge in [0, 0.05) is 5.56 Å². The van der Waals surface area contributed by atoms with Crippen LogP contribution < -0.4 is 4.74 Å². The van der Waals surface area contributed by atoms with Gasteiger partial charge in [0.25, 0.3) is 0 Å². The molecule has 1 heterocycles. The van der Waals surface area contributed by atoms with Crippen molar-refractivity contribution in [3.63, 3.8) is 0 Å². The molecule has 2 aliphatic rings. The second-order valence-electron chi connectivity index (χ2n) is 9.81. The fourth-order valence-corrected chi connectivity index (χ4v) is 5.27. The number of alkyl halides is 2. The van der Waals surface area contributed by atoms with E-state index in [0.717, 1.165) is 50.5 Å². The molecular formula is C28H35F3O. The third-order valence-electron chi connectivity index (χ3n) is 7.34. The molecule has 0 unspecified atom stereocenters. The molecule has 1 fully saturated rings. The van der Waals surface area contributed by atoms with Crippen LogP contribution >= 0.6 is 0 Å². The summed E-state index contributed by atoms with van der Waals surface area (Å²) in [6.07, 6.45) is 7.94. The summed E-state index contributed by atoms with van der Waals surface area (Å²) in [5.74, 6) is 0.0797. The molecule has 0 N–H and O–H groups in total. The average Bonchev–Trinajstić information content (AvgIpc) is 2.78. The molecule has 1 aliphatic carbocycles. The molecule has 0 amide bonds. The summed E-state index contributed by atoms with van der Waals surface area (Å²) in [7, 11) is 0. The van der Waals surface area contributed by atoms with Crippen LogP contribution in [0.15, 0.2) is 30.3 Å². The van der Waals surface area contributed by atoms with Crippen molar-refractivity contribution in [2.75, 3.05) is 0 Å². The monoisotopic (exact) mass is 444 g/mol. The largest absolute Gasteiger partial charge is 0.427 e. The lowest BCUT2D eigenvalue weighted by Gasteiger charge is -2.31. The van der Waals surface area contributed by atoms with Crippen molar-refractivity contribution >= 4 is 0 Å². The second kappa shape index (κ2) is 9.89. The zero-order valence-electron chi connectivity index (χ0n) is 19.4. The van der Waals surface area contributed by atoms with Crippen molar-refractivity contribution in [1.82, 2.24) is 0 Å². The number of hydrogen-bond acceptors (Lipinski definition) is 1. The Bertz CT molecular complexity index is 929. The number of halogens is 3. The van der Waals surface area contributed by atoms with Gasteiger partial charge < -0.3 is 4.74 Å². The molecule has 32 heavy (non-hydrogen) atoms. The number of ether oxygens (including phenoxy) is 1. The maximum Gasteiger partial charge on any atom is 0.427 e. The highest BCUT2D eigenvalue weighted by Gasteiger charge is 2.43. The number of hydrogen-bond donors (Lipinski definition) is 0. The third-order valence-corrected chi connectivity index (χ3v) is 7.34. The van der Waals surface area contributed by atoms with Crippen molar-refractivity contribution in [1.29, 1.82) is 0 Å². The molecule has 0 bridgehead atoms. The van der Waals surface area contributed by atoms with Gasteiger partial charge in [0.15, 0.2) is 11.6 Å². The van der Waals surface area contributed by atoms with Crippen molar-refractivity contribution in [2.45, 2.75) is 96.5 Å². The third kappa shape index (κ3) is 4.84. The molecule has 174 valence electrons. The SMILES string of the molecule is CCCCCCCCc1ccc2c(c1F)OC(F)(F)c1cc(C3CCC(C)CC3)ccc1-2. The molecule has 0 atom stereocenters. The molecule has 2 aromatic carbocycles. The summed E-state index contributed by atoms with van der Waals surface area (Å²) >= 11 is 0. The van der Waals surface area contributed by atoms with E-state index in [9.17, 15) is 0 Å². The number of aryl methyl sites for hydroxylation is 1. The van der Waals surface area contributed by atoms with Gasteiger partial charge in [0.05, 0.1) is 5.56 Å². The minimum atomic E-state index is -3.53. The zero-order chi connectivity index (χ0) is 22.7. The maximum atomic E-state index is 15.2. The first-order chi connectivity index (χ1) is 15.4. The molecule has 2 aromatic rings. The minimum Gasteiger partial charge on any atom is -0.425 e. The van der Waals surface area contributed by atoms with Gasteiger partial charge in [0.1, 0.15) is 0 Å². The Balaban J connectivity index is 1.55. The van der Waals surface area contributed by atoms with Gasteiger partial charge in [-0.2, -0.15) is 8.78 Å². The predicted molar refractivity (Wildman–Crippen MR) is 124 cm³/mol. The highest BCUT2D eigenvalue weighted by molar-refractivity contribution is 5.77. The fraction of sp³-hybridized carbons (Fsp3) is 0.571. The lowest BCUT2D eigenvalue weighted by molar-refractivity contribution is -0.188. The van der Waals surface area contributed by atoms with E-state index in [1.54, 1.807) is 24.3 Å². The fourth-order valence-electron chi connectivity index (χ4n) is 5.27. The second-order valence-corrected chi connectivity index (χ2v) is 9.81. The lowest BCUT2D eigenvalue weighted by Crippen LogP contribution is -2.27. The van der Waals surface area contributed by atoms with Crippen molar-refractivity contribution in [3.8, 4) is 16.9 Å². The first kappa shape index (κ1) is 23.2. The Labute approximate surface area is 190 Å². The smallest absolute Gasteiger partial charge is 0.425 e. The molecule has 4 heteroatoms. The predicted octanol–water partition coefficient (Wildman–Crippen LogP) is 9.13. The van der Waals surface area contributed by atoms with E-state index in [-0.39, 0.29) is 11.3 Å². The summed E-state index contributed by atoms with van der Waals surface area (Å²) < 4.78 is 50.3. The van der Waals surface area contributed by atoms with Gasteiger partial charge in [-0.25, -0.2) is 4.39 Å². The van der Waals surface area contributed by atoms with E-state index in [2.05, 4.69) is 13.8 Å². The van der Waals surface area contributed by atoms with Crippen molar-refractivity contribution < 1.29 is 17.9 Å². The van der Waals surface area contributed by atoms with E-state index in [1.807, 2.05) is 6.07 Å². The standard InChI is InChI=1S/C28H35F3O/c1-3-4-5-6-7-8-9-21-14-17-24-23-16-15-22(20-12-10-19(2)11-13-20)18-25(23)28(30,31)32-27(24)26(21)29/h14-20H,3-13H2,1-2H3. The van der Waals surface area contributed by atoms with E-state index in [0.29, 0.717) is 34.9 Å². The van der Waals surface area contributed by atoms with Crippen molar-refractivity contribution in [3.05, 3.63) is 52.8 Å². The van der Waals surface area contributed by atoms with Crippen LogP contribution in [0.5, 0.6) is 5.75 Å². The van der Waals surface area contributed by atoms with E-state index >= 15 is 13.2 Å². The number of fused-ring (bicyclic) bond motifs is 3. The van der Waals surface area contributed by atoms with E-state index in [4.69, 9.17) is 4.74 Å². The Morgan fingerprint density at radius 2 is 1.59 bits per heavy atom. The van der Waals surface area contributed by atoms with Crippen LogP contribution in [-0.2, 0) is 12.5 Å². The number of benzene rings is 2. The molecule has 0 radical (unpaired) electrons. The van der Waals surface area contributed by atoms with Gasteiger partial charge in [-0.15, -0.1) is 0 Å². The summed E-state index contributed by atoms with van der Waals surface area (Å²) in [6, 6.07) is 8.78. The average molecular weight is 445 g/mol. The summed E-state index contributed by atoms with van der Waals surface area (Å²) in [5.41, 5.74) is 2.09. The quantitative estimate of drug-likeness (QED) is 0.369. The van der Waals surface area contributed by atoms with Gasteiger partial charge in [-0.1, -0.05) is 83.1 Å². The molecule has 0 aromatic heterocycles. The molecule has 1 aliphatic heterocycles. The first-order valence-corrected chi connectivity index (χ1v) is 12.4. The van der Waals surface area contributed by atoms with Gasteiger partial charge in [0.2, 0.25) is 0 Å². The highest BCUT2D eigenvalue weighted by atomic mass is 19.3. The maximum absolute atomic E-state index is 15.2. The van der Waals surface area contributed by atoms with Crippen LogP contribution in [0, 0.1) is 11.7 Å². The topological polar surface area (TPSA) is 9.23 Å². The Hall–Kier alpha value is -1.97. The zero-order valence-corrected chi connectivity index (χ0v) is 19.4. The van der Waals surface area contributed by atoms with Crippen LogP contribution in [0.1, 0.15) is 101 Å². The molecule has 1 saturated carbocycles. The van der Waals surface area contributed by atoms with Crippen LogP contribution in [-0.4, -0.2) is 0 Å². The number of unbranched alkanes of at least 4 members (excludes halogenated alkanes) is 5. The summed E-state index contributed by atoms with van der Waals surface area (Å²) in [5, 5.41) is 0. The van der Waals surface area contributed by atoms with Gasteiger partial charge in [-0.3, -0.25) is 0 Å². The van der Waals surface area contributed by atoms with Crippen LogP contribution in [0.4, 0.5) is 13.2 Å². The Morgan fingerprint density at radius 3 is 2.34 bits per heavy atom. The molecular weight excluding hydrogens is 409 g/mol. The Morgan fingerprint density at radius 1 is 0.906 bits per heavy atom. The number of rotatable bonds is 8. The van der Waals surface area contributed by atoms with Gasteiger partial charge in [-0.05, 0) is 60.3 Å². The molecule has 0 spiro atoms. The normalized spacial score (nSPS) is 21.5. The molecule has 0 saturated heterocycles. The van der Waals surface area contributed by atoms with Crippen molar-refractivity contribution in [2.24, 2.45) is 5.92 Å². The minimum absolute atomic E-state index is 0.135. The van der Waals surface area contributed by atoms with Crippen LogP contribution in [0.3, 0.4) is 0 Å². The molecule has 4 rings (SSSR count). The highest BCUT2D eigenvalue weighted by Crippen LogP contribution is 2.50. The van der Waals surface area contributed by atoms with E-state index < -0.39 is 11.9 Å². The first-order valence-electron chi connectivity index (χ1n) is 12.4. The summed E-state index contributed by atoms with van der Waals surface area (Å²) in [6.45, 7) is 4.42. The van der Waals surface area contributed by atoms with Crippen LogP contribution in [0.2, 0.25) is 0 Å². The van der Waals surface area contributed by atoms with E-state index in [1.165, 1.54) is 19.3 Å². The Kier molecular flexibility index (Phi) is 7.17. The summed E-state index contributed by atoms with van der Waals surface area (Å²) in [4.78, 5) is 0. The van der Waals surface area contributed by atoms with Gasteiger partial charge >= 0.3 is 6.11 Å². The molecule has 1 nitrogen and oxygen atoms in total.